The molecule has 0 bridgehead atoms. The van der Waals surface area contributed by atoms with Crippen molar-refractivity contribution < 1.29 is 22.7 Å². The van der Waals surface area contributed by atoms with Gasteiger partial charge in [0.15, 0.2) is 0 Å². The number of amides is 2. The van der Waals surface area contributed by atoms with Gasteiger partial charge < -0.3 is 20.3 Å². The summed E-state index contributed by atoms with van der Waals surface area (Å²) in [5.74, 6) is -0.237. The van der Waals surface area contributed by atoms with Crippen molar-refractivity contribution in [3.8, 4) is 0 Å². The number of halogens is 3. The van der Waals surface area contributed by atoms with E-state index in [4.69, 9.17) is 4.74 Å². The highest BCUT2D eigenvalue weighted by Gasteiger charge is 2.49. The molecule has 1 saturated carbocycles. The summed E-state index contributed by atoms with van der Waals surface area (Å²) in [6.45, 7) is 6.48. The number of carbonyl (C=O) groups excluding carboxylic acids is 1. The molecule has 3 fully saturated rings. The molecular weight excluding hydrogens is 471 g/mol. The van der Waals surface area contributed by atoms with Gasteiger partial charge >= 0.3 is 12.2 Å². The molecule has 196 valence electrons. The molecule has 2 saturated heterocycles. The average molecular weight is 506 g/mol. The van der Waals surface area contributed by atoms with Crippen LogP contribution < -0.4 is 10.6 Å². The minimum absolute atomic E-state index is 0.190. The van der Waals surface area contributed by atoms with Crippen molar-refractivity contribution in [1.82, 2.24) is 20.4 Å². The highest BCUT2D eigenvalue weighted by molar-refractivity contribution is 5.80. The summed E-state index contributed by atoms with van der Waals surface area (Å²) < 4.78 is 47.6. The number of carbonyl (C=O) groups is 1. The van der Waals surface area contributed by atoms with Crippen molar-refractivity contribution in [3.05, 3.63) is 59.1 Å². The van der Waals surface area contributed by atoms with E-state index in [0.29, 0.717) is 45.7 Å². The minimum Gasteiger partial charge on any atom is -0.378 e. The number of hydrogen-bond acceptors (Lipinski definition) is 5. The number of nitrogens with zero attached hydrogens (tertiary/aromatic N) is 3. The maximum atomic E-state index is 14.1. The first-order valence-electron chi connectivity index (χ1n) is 12.3. The van der Waals surface area contributed by atoms with Crippen molar-refractivity contribution in [3.63, 3.8) is 0 Å². The Morgan fingerprint density at radius 2 is 1.81 bits per heavy atom. The smallest absolute Gasteiger partial charge is 0.378 e. The van der Waals surface area contributed by atoms with Gasteiger partial charge in [-0.3, -0.25) is 4.90 Å². The molecule has 1 aliphatic carbocycles. The van der Waals surface area contributed by atoms with E-state index in [-0.39, 0.29) is 23.1 Å². The van der Waals surface area contributed by atoms with Gasteiger partial charge in [0.25, 0.3) is 0 Å². The molecule has 0 unspecified atom stereocenters. The van der Waals surface area contributed by atoms with Crippen molar-refractivity contribution in [2.24, 2.45) is 4.99 Å². The van der Waals surface area contributed by atoms with Gasteiger partial charge in [-0.25, -0.2) is 9.79 Å². The van der Waals surface area contributed by atoms with Crippen LogP contribution in [-0.4, -0.2) is 74.2 Å². The van der Waals surface area contributed by atoms with Crippen LogP contribution in [0.2, 0.25) is 0 Å². The van der Waals surface area contributed by atoms with Gasteiger partial charge in [-0.1, -0.05) is 30.3 Å². The van der Waals surface area contributed by atoms with Crippen LogP contribution in [0.25, 0.3) is 0 Å². The highest BCUT2D eigenvalue weighted by atomic mass is 19.4. The van der Waals surface area contributed by atoms with Gasteiger partial charge in [0.05, 0.1) is 30.9 Å². The van der Waals surface area contributed by atoms with Gasteiger partial charge in [0, 0.05) is 24.3 Å². The van der Waals surface area contributed by atoms with Gasteiger partial charge in [0.2, 0.25) is 0 Å². The van der Waals surface area contributed by atoms with Crippen molar-refractivity contribution in [2.45, 2.75) is 49.9 Å². The lowest BCUT2D eigenvalue weighted by molar-refractivity contribution is -0.0911. The first-order chi connectivity index (χ1) is 17.1. The Morgan fingerprint density at radius 3 is 2.36 bits per heavy atom. The molecule has 2 heterocycles. The van der Waals surface area contributed by atoms with Crippen molar-refractivity contribution >= 4 is 12.7 Å². The van der Waals surface area contributed by atoms with Crippen LogP contribution in [0.1, 0.15) is 38.2 Å². The molecule has 7 nitrogen and oxygen atoms in total. The monoisotopic (exact) mass is 505 g/mol. The fourth-order valence-corrected chi connectivity index (χ4v) is 5.56. The Labute approximate surface area is 210 Å². The summed E-state index contributed by atoms with van der Waals surface area (Å²) in [5.41, 5.74) is -0.156. The fourth-order valence-electron chi connectivity index (χ4n) is 5.56. The van der Waals surface area contributed by atoms with E-state index in [9.17, 15) is 18.0 Å². The second-order valence-electron chi connectivity index (χ2n) is 9.77. The number of hydrogen-bond donors (Lipinski definition) is 2. The Bertz CT molecular complexity index is 1020. The zero-order chi connectivity index (χ0) is 26.0. The Morgan fingerprint density at radius 1 is 1.17 bits per heavy atom. The van der Waals surface area contributed by atoms with E-state index in [2.05, 4.69) is 34.5 Å². The molecule has 0 aromatic heterocycles. The zero-order valence-corrected chi connectivity index (χ0v) is 20.8. The SMILES string of the molecule is C=N/C(=C(\C=C(/C)N1CC2(CCC(NC)(c3ccccc3)CC2)NC1=O)C(F)(F)F)N1CCOCC1. The van der Waals surface area contributed by atoms with Gasteiger partial charge in [-0.2, -0.15) is 13.2 Å². The second-order valence-corrected chi connectivity index (χ2v) is 9.77. The number of benzene rings is 1. The van der Waals surface area contributed by atoms with E-state index in [1.54, 1.807) is 0 Å². The molecule has 0 radical (unpaired) electrons. The molecule has 2 amide bonds. The summed E-state index contributed by atoms with van der Waals surface area (Å²) in [7, 11) is 1.95. The topological polar surface area (TPSA) is 69.2 Å². The summed E-state index contributed by atoms with van der Waals surface area (Å²) in [5, 5.41) is 6.57. The van der Waals surface area contributed by atoms with Gasteiger partial charge in [0.1, 0.15) is 5.82 Å². The molecule has 1 aromatic rings. The second kappa shape index (κ2) is 10.3. The number of ether oxygens (including phenoxy) is 1. The molecule has 3 aliphatic rings. The van der Waals surface area contributed by atoms with Crippen molar-refractivity contribution in [2.75, 3.05) is 39.9 Å². The van der Waals surface area contributed by atoms with E-state index in [0.717, 1.165) is 18.9 Å². The first kappa shape index (κ1) is 26.2. The number of urea groups is 1. The Balaban J connectivity index is 1.56. The fraction of sp³-hybridized carbons (Fsp3) is 0.538. The first-order valence-corrected chi connectivity index (χ1v) is 12.3. The van der Waals surface area contributed by atoms with E-state index < -0.39 is 17.3 Å². The lowest BCUT2D eigenvalue weighted by atomic mass is 9.69. The van der Waals surface area contributed by atoms with Crippen LogP contribution in [-0.2, 0) is 10.3 Å². The van der Waals surface area contributed by atoms with E-state index in [1.807, 2.05) is 25.2 Å². The van der Waals surface area contributed by atoms with E-state index >= 15 is 0 Å². The molecule has 2 N–H and O–H groups in total. The van der Waals surface area contributed by atoms with Crippen LogP contribution in [0, 0.1) is 0 Å². The van der Waals surface area contributed by atoms with Crippen LogP contribution in [0.4, 0.5) is 18.0 Å². The van der Waals surface area contributed by atoms with E-state index in [1.165, 1.54) is 22.3 Å². The number of nitrogens with one attached hydrogen (secondary N) is 2. The maximum Gasteiger partial charge on any atom is 0.420 e. The number of aliphatic imine (C=N–C) groups is 1. The highest BCUT2D eigenvalue weighted by Crippen LogP contribution is 2.43. The number of alkyl halides is 3. The zero-order valence-electron chi connectivity index (χ0n) is 20.8. The predicted molar refractivity (Wildman–Crippen MR) is 132 cm³/mol. The molecule has 2 aliphatic heterocycles. The van der Waals surface area contributed by atoms with Crippen LogP contribution in [0.15, 0.2) is 58.5 Å². The molecular formula is C26H34F3N5O2. The molecule has 1 aromatic carbocycles. The summed E-state index contributed by atoms with van der Waals surface area (Å²) in [6.07, 6.45) is -0.597. The normalized spacial score (nSPS) is 28.2. The Hall–Kier alpha value is -2.85. The standard InChI is InChI=1S/C26H34F3N5O2/c1-19(17-21(26(27,28)29)22(30-2)33-13-15-36-16-14-33)34-18-24(32-23(34)35)9-11-25(31-3,12-10-24)20-7-5-4-6-8-20/h4-8,17,31H,2,9-16,18H2,1,3H3,(H,32,35)/b19-17+,22-21-. The van der Waals surface area contributed by atoms with Crippen molar-refractivity contribution in [1.29, 1.82) is 0 Å². The number of morpholine rings is 1. The molecule has 4 rings (SSSR count). The summed E-state index contributed by atoms with van der Waals surface area (Å²) >= 11 is 0. The Kier molecular flexibility index (Phi) is 7.47. The average Bonchev–Trinajstić information content (AvgIpc) is 3.21. The van der Waals surface area contributed by atoms with Gasteiger partial charge in [-0.15, -0.1) is 0 Å². The summed E-state index contributed by atoms with van der Waals surface area (Å²) in [6, 6.07) is 9.85. The summed E-state index contributed by atoms with van der Waals surface area (Å²) in [4.78, 5) is 19.6. The largest absolute Gasteiger partial charge is 0.420 e. The van der Waals surface area contributed by atoms with Crippen LogP contribution in [0.3, 0.4) is 0 Å². The minimum atomic E-state index is -4.66. The third-order valence-corrected chi connectivity index (χ3v) is 7.73. The molecule has 0 atom stereocenters. The molecule has 36 heavy (non-hydrogen) atoms. The molecule has 10 heteroatoms. The number of allylic oxidation sites excluding steroid dienone is 3. The quantitative estimate of drug-likeness (QED) is 0.450. The van der Waals surface area contributed by atoms with Gasteiger partial charge in [-0.05, 0) is 58.0 Å². The third-order valence-electron chi connectivity index (χ3n) is 7.73. The predicted octanol–water partition coefficient (Wildman–Crippen LogP) is 4.15. The van der Waals surface area contributed by atoms with Crippen LogP contribution in [0.5, 0.6) is 0 Å². The molecule has 1 spiro atoms. The number of rotatable bonds is 6. The lowest BCUT2D eigenvalue weighted by Crippen LogP contribution is -2.53. The lowest BCUT2D eigenvalue weighted by Gasteiger charge is -2.45. The van der Waals surface area contributed by atoms with Crippen LogP contribution >= 0.6 is 0 Å². The third kappa shape index (κ3) is 5.15. The maximum absolute atomic E-state index is 14.1.